The van der Waals surface area contributed by atoms with Gasteiger partial charge in [0.15, 0.2) is 5.60 Å². The molecule has 0 saturated carbocycles. The Morgan fingerprint density at radius 1 is 1.45 bits per heavy atom. The van der Waals surface area contributed by atoms with Crippen molar-refractivity contribution < 1.29 is 24.5 Å². The maximum absolute atomic E-state index is 11.8. The SMILES string of the molecule is CCOc1ccc(C#N)cc1NC(=O)NCC(C)(O)C(=O)O. The van der Waals surface area contributed by atoms with Crippen molar-refractivity contribution in [3.05, 3.63) is 23.8 Å². The predicted octanol–water partition coefficient (Wildman–Crippen LogP) is 0.914. The molecule has 4 N–H and O–H groups in total. The summed E-state index contributed by atoms with van der Waals surface area (Å²) in [5.74, 6) is -1.07. The molecule has 1 aromatic rings. The fourth-order valence-electron chi connectivity index (χ4n) is 1.47. The number of anilines is 1. The van der Waals surface area contributed by atoms with Gasteiger partial charge in [0.25, 0.3) is 0 Å². The molecule has 2 amide bonds. The fourth-order valence-corrected chi connectivity index (χ4v) is 1.47. The number of hydrogen-bond acceptors (Lipinski definition) is 5. The van der Waals surface area contributed by atoms with Crippen LogP contribution in [0, 0.1) is 11.3 Å². The first kappa shape index (κ1) is 17.3. The Hall–Kier alpha value is -2.79. The van der Waals surface area contributed by atoms with Crippen LogP contribution in [-0.4, -0.2) is 41.0 Å². The first-order valence-electron chi connectivity index (χ1n) is 6.47. The second kappa shape index (κ2) is 7.28. The monoisotopic (exact) mass is 307 g/mol. The first-order chi connectivity index (χ1) is 10.3. The number of aliphatic hydroxyl groups is 1. The number of rotatable bonds is 6. The van der Waals surface area contributed by atoms with Crippen molar-refractivity contribution in [2.24, 2.45) is 0 Å². The van der Waals surface area contributed by atoms with Crippen LogP contribution in [0.25, 0.3) is 0 Å². The number of hydrogen-bond donors (Lipinski definition) is 4. The molecule has 22 heavy (non-hydrogen) atoms. The van der Waals surface area contributed by atoms with Gasteiger partial charge >= 0.3 is 12.0 Å². The number of nitrogens with zero attached hydrogens (tertiary/aromatic N) is 1. The highest BCUT2D eigenvalue weighted by atomic mass is 16.5. The molecular formula is C14H17N3O5. The normalized spacial score (nSPS) is 12.6. The van der Waals surface area contributed by atoms with Gasteiger partial charge in [-0.2, -0.15) is 5.26 Å². The third-order valence-corrected chi connectivity index (χ3v) is 2.71. The molecular weight excluding hydrogens is 290 g/mol. The van der Waals surface area contributed by atoms with E-state index in [0.29, 0.717) is 17.9 Å². The Bertz CT molecular complexity index is 607. The fraction of sp³-hybridized carbons (Fsp3) is 0.357. The second-order valence-corrected chi connectivity index (χ2v) is 4.64. The zero-order chi connectivity index (χ0) is 16.8. The standard InChI is InChI=1S/C14H17N3O5/c1-3-22-11-5-4-9(7-15)6-10(11)17-13(20)16-8-14(2,21)12(18)19/h4-6,21H,3,8H2,1-2H3,(H,18,19)(H2,16,17,20). The summed E-state index contributed by atoms with van der Waals surface area (Å²) < 4.78 is 5.33. The second-order valence-electron chi connectivity index (χ2n) is 4.64. The summed E-state index contributed by atoms with van der Waals surface area (Å²) in [4.78, 5) is 22.5. The molecule has 8 nitrogen and oxygen atoms in total. The van der Waals surface area contributed by atoms with Crippen molar-refractivity contribution in [3.8, 4) is 11.8 Å². The maximum Gasteiger partial charge on any atom is 0.337 e. The first-order valence-corrected chi connectivity index (χ1v) is 6.47. The number of nitriles is 1. The van der Waals surface area contributed by atoms with Crippen LogP contribution in [0.15, 0.2) is 18.2 Å². The van der Waals surface area contributed by atoms with Gasteiger partial charge in [0.2, 0.25) is 0 Å². The van der Waals surface area contributed by atoms with Gasteiger partial charge < -0.3 is 25.6 Å². The lowest BCUT2D eigenvalue weighted by molar-refractivity contribution is -0.155. The van der Waals surface area contributed by atoms with E-state index in [9.17, 15) is 14.7 Å². The van der Waals surface area contributed by atoms with Crippen molar-refractivity contribution in [3.63, 3.8) is 0 Å². The molecule has 0 spiro atoms. The van der Waals surface area contributed by atoms with E-state index in [1.165, 1.54) is 6.07 Å². The zero-order valence-corrected chi connectivity index (χ0v) is 12.2. The Morgan fingerprint density at radius 3 is 2.68 bits per heavy atom. The topological polar surface area (TPSA) is 132 Å². The lowest BCUT2D eigenvalue weighted by Gasteiger charge is -2.19. The highest BCUT2D eigenvalue weighted by Gasteiger charge is 2.30. The van der Waals surface area contributed by atoms with Crippen LogP contribution >= 0.6 is 0 Å². The number of aliphatic carboxylic acids is 1. The Morgan fingerprint density at radius 2 is 2.14 bits per heavy atom. The summed E-state index contributed by atoms with van der Waals surface area (Å²) in [6.07, 6.45) is 0. The molecule has 0 aliphatic rings. The van der Waals surface area contributed by atoms with E-state index in [0.717, 1.165) is 6.92 Å². The highest BCUT2D eigenvalue weighted by molar-refractivity contribution is 5.91. The number of urea groups is 1. The molecule has 0 heterocycles. The number of carbonyl (C=O) groups is 2. The van der Waals surface area contributed by atoms with Crippen molar-refractivity contribution in [2.45, 2.75) is 19.4 Å². The summed E-state index contributed by atoms with van der Waals surface area (Å²) in [6.45, 7) is 2.73. The van der Waals surface area contributed by atoms with E-state index < -0.39 is 24.1 Å². The van der Waals surface area contributed by atoms with E-state index in [2.05, 4.69) is 10.6 Å². The van der Waals surface area contributed by atoms with Crippen molar-refractivity contribution >= 4 is 17.7 Å². The number of nitrogens with one attached hydrogen (secondary N) is 2. The molecule has 1 unspecified atom stereocenters. The Balaban J connectivity index is 2.79. The average molecular weight is 307 g/mol. The molecule has 8 heteroatoms. The molecule has 1 rings (SSSR count). The lowest BCUT2D eigenvalue weighted by atomic mass is 10.1. The van der Waals surface area contributed by atoms with Gasteiger partial charge in [-0.05, 0) is 32.0 Å². The highest BCUT2D eigenvalue weighted by Crippen LogP contribution is 2.25. The number of carboxylic acid groups (broad SMARTS) is 1. The van der Waals surface area contributed by atoms with Crippen LogP contribution in [0.3, 0.4) is 0 Å². The van der Waals surface area contributed by atoms with E-state index in [1.54, 1.807) is 19.1 Å². The molecule has 0 fully saturated rings. The van der Waals surface area contributed by atoms with E-state index >= 15 is 0 Å². The third-order valence-electron chi connectivity index (χ3n) is 2.71. The molecule has 0 saturated heterocycles. The molecule has 0 radical (unpaired) electrons. The van der Waals surface area contributed by atoms with Crippen LogP contribution in [0.2, 0.25) is 0 Å². The number of amides is 2. The van der Waals surface area contributed by atoms with Crippen LogP contribution in [0.5, 0.6) is 5.75 Å². The Kier molecular flexibility index (Phi) is 5.72. The summed E-state index contributed by atoms with van der Waals surface area (Å²) in [7, 11) is 0. The number of benzene rings is 1. The number of carboxylic acids is 1. The summed E-state index contributed by atoms with van der Waals surface area (Å²) >= 11 is 0. The van der Waals surface area contributed by atoms with Gasteiger partial charge in [-0.25, -0.2) is 9.59 Å². The predicted molar refractivity (Wildman–Crippen MR) is 77.6 cm³/mol. The summed E-state index contributed by atoms with van der Waals surface area (Å²) in [5.41, 5.74) is -1.47. The van der Waals surface area contributed by atoms with Gasteiger partial charge in [0.05, 0.1) is 30.5 Å². The quantitative estimate of drug-likeness (QED) is 0.617. The van der Waals surface area contributed by atoms with Gasteiger partial charge in [-0.3, -0.25) is 0 Å². The Labute approximate surface area is 127 Å². The zero-order valence-electron chi connectivity index (χ0n) is 12.2. The van der Waals surface area contributed by atoms with Gasteiger partial charge in [-0.15, -0.1) is 0 Å². The average Bonchev–Trinajstić information content (AvgIpc) is 2.47. The molecule has 0 aromatic heterocycles. The third kappa shape index (κ3) is 4.64. The van der Waals surface area contributed by atoms with Crippen molar-refractivity contribution in [2.75, 3.05) is 18.5 Å². The molecule has 0 aliphatic carbocycles. The molecule has 0 aliphatic heterocycles. The lowest BCUT2D eigenvalue weighted by Crippen LogP contribution is -2.47. The summed E-state index contributed by atoms with van der Waals surface area (Å²) in [5, 5.41) is 31.8. The van der Waals surface area contributed by atoms with Crippen LogP contribution in [0.1, 0.15) is 19.4 Å². The number of carbonyl (C=O) groups excluding carboxylic acids is 1. The molecule has 0 bridgehead atoms. The van der Waals surface area contributed by atoms with Gasteiger partial charge in [0.1, 0.15) is 5.75 Å². The molecule has 1 atom stereocenters. The van der Waals surface area contributed by atoms with E-state index in [1.807, 2.05) is 6.07 Å². The van der Waals surface area contributed by atoms with Crippen molar-refractivity contribution in [1.29, 1.82) is 5.26 Å². The van der Waals surface area contributed by atoms with Crippen LogP contribution in [-0.2, 0) is 4.79 Å². The minimum Gasteiger partial charge on any atom is -0.492 e. The molecule has 118 valence electrons. The number of ether oxygens (including phenoxy) is 1. The molecule has 1 aromatic carbocycles. The smallest absolute Gasteiger partial charge is 0.337 e. The minimum absolute atomic E-state index is 0.272. The van der Waals surface area contributed by atoms with E-state index in [4.69, 9.17) is 15.1 Å². The largest absolute Gasteiger partial charge is 0.492 e. The van der Waals surface area contributed by atoms with E-state index in [-0.39, 0.29) is 5.69 Å². The van der Waals surface area contributed by atoms with Gasteiger partial charge in [0, 0.05) is 0 Å². The maximum atomic E-state index is 11.8. The van der Waals surface area contributed by atoms with Gasteiger partial charge in [-0.1, -0.05) is 0 Å². The summed E-state index contributed by atoms with van der Waals surface area (Å²) in [6, 6.07) is 5.73. The minimum atomic E-state index is -2.07. The van der Waals surface area contributed by atoms with Crippen molar-refractivity contribution in [1.82, 2.24) is 5.32 Å². The van der Waals surface area contributed by atoms with Crippen LogP contribution in [0.4, 0.5) is 10.5 Å². The van der Waals surface area contributed by atoms with Crippen LogP contribution < -0.4 is 15.4 Å².